The molecule has 1 heterocycles. The molecule has 6 nitrogen and oxygen atoms in total. The lowest BCUT2D eigenvalue weighted by Gasteiger charge is -2.34. The van der Waals surface area contributed by atoms with E-state index >= 15 is 0 Å². The van der Waals surface area contributed by atoms with Crippen LogP contribution in [0.3, 0.4) is 0 Å². The number of ether oxygens (including phenoxy) is 2. The molecule has 2 atom stereocenters. The van der Waals surface area contributed by atoms with Crippen LogP contribution in [0.1, 0.15) is 49.9 Å². The molecule has 0 aliphatic carbocycles. The van der Waals surface area contributed by atoms with E-state index < -0.39 is 12.2 Å². The maximum Gasteiger partial charge on any atom is 0.513 e. The summed E-state index contributed by atoms with van der Waals surface area (Å²) in [6.45, 7) is 8.79. The van der Waals surface area contributed by atoms with Crippen molar-refractivity contribution in [3.8, 4) is 5.75 Å². The number of anilines is 1. The summed E-state index contributed by atoms with van der Waals surface area (Å²) in [7, 11) is 0. The molecule has 0 spiro atoms. The van der Waals surface area contributed by atoms with Gasteiger partial charge in [-0.2, -0.15) is 0 Å². The van der Waals surface area contributed by atoms with Crippen LogP contribution < -0.4 is 15.4 Å². The lowest BCUT2D eigenvalue weighted by atomic mass is 9.92. The van der Waals surface area contributed by atoms with Crippen LogP contribution in [0.4, 0.5) is 10.5 Å². The summed E-state index contributed by atoms with van der Waals surface area (Å²) in [5, 5.41) is 0.351. The highest BCUT2D eigenvalue weighted by molar-refractivity contribution is 6.31. The van der Waals surface area contributed by atoms with Crippen molar-refractivity contribution in [1.82, 2.24) is 0 Å². The van der Waals surface area contributed by atoms with Gasteiger partial charge in [-0.15, -0.1) is 0 Å². The number of aryl methyl sites for hydroxylation is 1. The van der Waals surface area contributed by atoms with Crippen molar-refractivity contribution in [3.05, 3.63) is 58.1 Å². The fourth-order valence-electron chi connectivity index (χ4n) is 4.05. The van der Waals surface area contributed by atoms with Gasteiger partial charge < -0.3 is 20.1 Å². The minimum atomic E-state index is -0.778. The van der Waals surface area contributed by atoms with Crippen molar-refractivity contribution in [2.24, 2.45) is 17.6 Å². The molecule has 0 bridgehead atoms. The van der Waals surface area contributed by atoms with Crippen LogP contribution in [-0.2, 0) is 16.0 Å². The van der Waals surface area contributed by atoms with E-state index in [1.807, 2.05) is 43.9 Å². The molecule has 1 amide bonds. The van der Waals surface area contributed by atoms with Crippen molar-refractivity contribution in [3.63, 3.8) is 0 Å². The standard InChI is InChI=1S/C25H31ClN2O4/c1-15(2)14-31-25(30)32-19-10-17(4)24(20(26)11-19)21(27)12-23(29)28-13-16(3)9-18-7-5-6-8-22(18)28/h5-8,10-11,15-16,21H,9,12-14,27H2,1-4H3. The van der Waals surface area contributed by atoms with E-state index in [-0.39, 0.29) is 30.6 Å². The number of fused-ring (bicyclic) bond motifs is 1. The average Bonchev–Trinajstić information content (AvgIpc) is 2.71. The quantitative estimate of drug-likeness (QED) is 0.460. The molecule has 2 aromatic carbocycles. The van der Waals surface area contributed by atoms with Crippen LogP contribution in [0, 0.1) is 18.8 Å². The molecule has 0 aromatic heterocycles. The Morgan fingerprint density at radius 3 is 2.66 bits per heavy atom. The normalized spacial score (nSPS) is 16.5. The second kappa shape index (κ2) is 10.4. The molecule has 32 heavy (non-hydrogen) atoms. The molecule has 0 radical (unpaired) electrons. The van der Waals surface area contributed by atoms with Gasteiger partial charge in [0, 0.05) is 35.8 Å². The van der Waals surface area contributed by atoms with Gasteiger partial charge in [0.15, 0.2) is 0 Å². The van der Waals surface area contributed by atoms with E-state index in [9.17, 15) is 9.59 Å². The summed E-state index contributed by atoms with van der Waals surface area (Å²) >= 11 is 6.48. The number of hydrogen-bond donors (Lipinski definition) is 1. The van der Waals surface area contributed by atoms with Gasteiger partial charge in [-0.1, -0.05) is 50.6 Å². The summed E-state index contributed by atoms with van der Waals surface area (Å²) in [5.74, 6) is 0.829. The Morgan fingerprint density at radius 2 is 1.97 bits per heavy atom. The Morgan fingerprint density at radius 1 is 1.25 bits per heavy atom. The van der Waals surface area contributed by atoms with Gasteiger partial charge in [0.25, 0.3) is 0 Å². The highest BCUT2D eigenvalue weighted by Gasteiger charge is 2.28. The summed E-state index contributed by atoms with van der Waals surface area (Å²) in [6.07, 6.45) is 0.301. The molecule has 0 saturated heterocycles. The van der Waals surface area contributed by atoms with E-state index in [1.165, 1.54) is 11.6 Å². The van der Waals surface area contributed by atoms with Crippen LogP contribution in [0.2, 0.25) is 5.02 Å². The molecule has 1 aliphatic heterocycles. The third-order valence-electron chi connectivity index (χ3n) is 5.46. The fourth-order valence-corrected chi connectivity index (χ4v) is 4.44. The monoisotopic (exact) mass is 458 g/mol. The number of para-hydroxylation sites is 1. The van der Waals surface area contributed by atoms with E-state index in [4.69, 9.17) is 26.8 Å². The van der Waals surface area contributed by atoms with Gasteiger partial charge in [-0.05, 0) is 54.0 Å². The number of nitrogens with zero attached hydrogens (tertiary/aromatic N) is 1. The van der Waals surface area contributed by atoms with Crippen LogP contribution in [0.25, 0.3) is 0 Å². The van der Waals surface area contributed by atoms with Crippen LogP contribution in [0.5, 0.6) is 5.75 Å². The number of amides is 1. The van der Waals surface area contributed by atoms with Gasteiger partial charge in [-0.25, -0.2) is 4.79 Å². The largest absolute Gasteiger partial charge is 0.513 e. The lowest BCUT2D eigenvalue weighted by molar-refractivity contribution is -0.119. The zero-order valence-electron chi connectivity index (χ0n) is 19.1. The first-order valence-electron chi connectivity index (χ1n) is 10.9. The summed E-state index contributed by atoms with van der Waals surface area (Å²) in [6, 6.07) is 10.6. The van der Waals surface area contributed by atoms with E-state index in [1.54, 1.807) is 6.07 Å². The van der Waals surface area contributed by atoms with Gasteiger partial charge in [-0.3, -0.25) is 4.79 Å². The first kappa shape index (κ1) is 24.1. The van der Waals surface area contributed by atoms with Crippen molar-refractivity contribution < 1.29 is 19.1 Å². The lowest BCUT2D eigenvalue weighted by Crippen LogP contribution is -2.40. The SMILES string of the molecule is Cc1cc(OC(=O)OCC(C)C)cc(Cl)c1C(N)CC(=O)N1CC(C)Cc2ccccc21. The number of nitrogens with two attached hydrogens (primary N) is 1. The van der Waals surface area contributed by atoms with Crippen molar-refractivity contribution in [2.45, 2.75) is 46.6 Å². The zero-order valence-corrected chi connectivity index (χ0v) is 19.8. The summed E-state index contributed by atoms with van der Waals surface area (Å²) < 4.78 is 10.3. The second-order valence-electron chi connectivity index (χ2n) is 8.95. The molecule has 2 aromatic rings. The first-order chi connectivity index (χ1) is 15.2. The molecule has 7 heteroatoms. The molecule has 3 rings (SSSR count). The third kappa shape index (κ3) is 5.81. The molecule has 2 N–H and O–H groups in total. The number of halogens is 1. The number of benzene rings is 2. The minimum Gasteiger partial charge on any atom is -0.434 e. The highest BCUT2D eigenvalue weighted by Crippen LogP contribution is 2.34. The van der Waals surface area contributed by atoms with E-state index in [2.05, 4.69) is 13.0 Å². The smallest absolute Gasteiger partial charge is 0.434 e. The Balaban J connectivity index is 1.72. The van der Waals surface area contributed by atoms with Crippen LogP contribution >= 0.6 is 11.6 Å². The van der Waals surface area contributed by atoms with Gasteiger partial charge >= 0.3 is 6.16 Å². The van der Waals surface area contributed by atoms with E-state index in [0.29, 0.717) is 23.0 Å². The molecular formula is C25H31ClN2O4. The molecule has 0 fully saturated rings. The predicted molar refractivity (Wildman–Crippen MR) is 126 cm³/mol. The first-order valence-corrected chi connectivity index (χ1v) is 11.3. The Hall–Kier alpha value is -2.57. The molecule has 2 unspecified atom stereocenters. The fraction of sp³-hybridized carbons (Fsp3) is 0.440. The van der Waals surface area contributed by atoms with Crippen molar-refractivity contribution in [1.29, 1.82) is 0 Å². The Labute approximate surface area is 194 Å². The zero-order chi connectivity index (χ0) is 23.4. The minimum absolute atomic E-state index is 0.0374. The molecule has 1 aliphatic rings. The summed E-state index contributed by atoms with van der Waals surface area (Å²) in [5.41, 5.74) is 9.97. The van der Waals surface area contributed by atoms with Crippen LogP contribution in [-0.4, -0.2) is 25.2 Å². The topological polar surface area (TPSA) is 81.9 Å². The third-order valence-corrected chi connectivity index (χ3v) is 5.77. The highest BCUT2D eigenvalue weighted by atomic mass is 35.5. The number of hydrogen-bond acceptors (Lipinski definition) is 5. The number of rotatable bonds is 6. The summed E-state index contributed by atoms with van der Waals surface area (Å²) in [4.78, 5) is 26.8. The van der Waals surface area contributed by atoms with Crippen molar-refractivity contribution in [2.75, 3.05) is 18.1 Å². The van der Waals surface area contributed by atoms with Crippen LogP contribution in [0.15, 0.2) is 36.4 Å². The van der Waals surface area contributed by atoms with Gasteiger partial charge in [0.2, 0.25) is 5.91 Å². The number of carbonyl (C=O) groups is 2. The maximum atomic E-state index is 13.2. The molecule has 0 saturated carbocycles. The van der Waals surface area contributed by atoms with Gasteiger partial charge in [0.05, 0.1) is 6.61 Å². The van der Waals surface area contributed by atoms with Gasteiger partial charge in [0.1, 0.15) is 5.75 Å². The van der Waals surface area contributed by atoms with E-state index in [0.717, 1.165) is 17.7 Å². The molecule has 172 valence electrons. The average molecular weight is 459 g/mol. The molecular weight excluding hydrogens is 428 g/mol. The second-order valence-corrected chi connectivity index (χ2v) is 9.35. The predicted octanol–water partition coefficient (Wildman–Crippen LogP) is 5.44. The Bertz CT molecular complexity index is 969. The maximum absolute atomic E-state index is 13.2. The Kier molecular flexibility index (Phi) is 7.80. The van der Waals surface area contributed by atoms with Crippen molar-refractivity contribution >= 4 is 29.4 Å². The number of carbonyl (C=O) groups excluding carboxylic acids is 2.